The lowest BCUT2D eigenvalue weighted by Crippen LogP contribution is -2.48. The Bertz CT molecular complexity index is 1220. The van der Waals surface area contributed by atoms with Crippen LogP contribution in [0.25, 0.3) is 0 Å². The van der Waals surface area contributed by atoms with Gasteiger partial charge in [0.25, 0.3) is 0 Å². The lowest BCUT2D eigenvalue weighted by atomic mass is 9.76. The standard InChI is InChI=1S/C26H32N6O3S/c1-4-5-17-12-19(30-25-27-13-15(2)36-25)29-22(28-17)16-7-10-32(11-8-16)23(33)20-18-6-9-26(35-18)14-31(3)24(34)21(20)26/h6,9,12-13,16,18,20-21H,4-5,7-8,10-11,14H2,1-3H3,(H,27,28,29,30)/t18-,20+,21-,26+/m1/s1. The first kappa shape index (κ1) is 23.5. The Labute approximate surface area is 215 Å². The first-order chi connectivity index (χ1) is 17.4. The number of aromatic nitrogens is 3. The van der Waals surface area contributed by atoms with E-state index in [9.17, 15) is 9.59 Å². The van der Waals surface area contributed by atoms with Crippen LogP contribution < -0.4 is 5.32 Å². The number of hydrogen-bond donors (Lipinski definition) is 1. The Kier molecular flexibility index (Phi) is 5.83. The molecule has 2 aromatic rings. The number of carbonyl (C=O) groups excluding carboxylic acids is 2. The Morgan fingerprint density at radius 3 is 2.83 bits per heavy atom. The van der Waals surface area contributed by atoms with Gasteiger partial charge in [-0.2, -0.15) is 0 Å². The van der Waals surface area contributed by atoms with Crippen molar-refractivity contribution in [3.05, 3.63) is 40.8 Å². The zero-order valence-electron chi connectivity index (χ0n) is 20.9. The second kappa shape index (κ2) is 8.92. The number of rotatable bonds is 6. The Morgan fingerprint density at radius 1 is 1.31 bits per heavy atom. The van der Waals surface area contributed by atoms with Gasteiger partial charge in [0.15, 0.2) is 5.13 Å². The second-order valence-corrected chi connectivity index (χ2v) is 11.7. The highest BCUT2D eigenvalue weighted by atomic mass is 32.1. The maximum absolute atomic E-state index is 13.6. The molecule has 9 nitrogen and oxygen atoms in total. The number of likely N-dealkylation sites (tertiary alicyclic amines) is 2. The van der Waals surface area contributed by atoms with Crippen LogP contribution in [0.5, 0.6) is 0 Å². The molecule has 36 heavy (non-hydrogen) atoms. The number of nitrogens with one attached hydrogen (secondary N) is 1. The van der Waals surface area contributed by atoms with Crippen LogP contribution in [0.4, 0.5) is 10.9 Å². The zero-order valence-corrected chi connectivity index (χ0v) is 21.8. The zero-order chi connectivity index (χ0) is 25.0. The molecule has 2 amide bonds. The molecule has 0 aromatic carbocycles. The van der Waals surface area contributed by atoms with Crippen LogP contribution in [0.1, 0.15) is 48.5 Å². The minimum absolute atomic E-state index is 0.0201. The monoisotopic (exact) mass is 508 g/mol. The van der Waals surface area contributed by atoms with Crippen molar-refractivity contribution in [3.8, 4) is 0 Å². The summed E-state index contributed by atoms with van der Waals surface area (Å²) in [6, 6.07) is 2.01. The largest absolute Gasteiger partial charge is 0.360 e. The number of likely N-dealkylation sites (N-methyl/N-ethyl adjacent to an activating group) is 1. The molecule has 190 valence electrons. The first-order valence-electron chi connectivity index (χ1n) is 12.8. The van der Waals surface area contributed by atoms with Crippen LogP contribution in [0, 0.1) is 18.8 Å². The summed E-state index contributed by atoms with van der Waals surface area (Å²) in [7, 11) is 1.79. The fourth-order valence-electron chi connectivity index (χ4n) is 6.21. The lowest BCUT2D eigenvalue weighted by Gasteiger charge is -2.35. The van der Waals surface area contributed by atoms with Crippen molar-refractivity contribution in [2.45, 2.75) is 57.2 Å². The van der Waals surface area contributed by atoms with Crippen LogP contribution in [0.2, 0.25) is 0 Å². The van der Waals surface area contributed by atoms with E-state index in [1.807, 2.05) is 36.2 Å². The number of aryl methyl sites for hydroxylation is 2. The molecule has 1 spiro atoms. The van der Waals surface area contributed by atoms with Gasteiger partial charge in [-0.15, -0.1) is 11.3 Å². The normalized spacial score (nSPS) is 29.3. The topological polar surface area (TPSA) is 101 Å². The highest BCUT2D eigenvalue weighted by molar-refractivity contribution is 7.15. The molecule has 0 radical (unpaired) electrons. The van der Waals surface area contributed by atoms with Gasteiger partial charge in [0.1, 0.15) is 17.2 Å². The fourth-order valence-corrected chi connectivity index (χ4v) is 6.88. The van der Waals surface area contributed by atoms with E-state index in [4.69, 9.17) is 14.7 Å². The third kappa shape index (κ3) is 3.91. The fraction of sp³-hybridized carbons (Fsp3) is 0.577. The van der Waals surface area contributed by atoms with Gasteiger partial charge in [-0.25, -0.2) is 15.0 Å². The van der Waals surface area contributed by atoms with Crippen molar-refractivity contribution in [3.63, 3.8) is 0 Å². The number of amides is 2. The minimum Gasteiger partial charge on any atom is -0.360 e. The Hall–Kier alpha value is -2.85. The van der Waals surface area contributed by atoms with Crippen LogP contribution in [-0.4, -0.2) is 75.0 Å². The van der Waals surface area contributed by atoms with Gasteiger partial charge in [0.2, 0.25) is 11.8 Å². The van der Waals surface area contributed by atoms with Gasteiger partial charge in [-0.1, -0.05) is 25.5 Å². The van der Waals surface area contributed by atoms with Crippen LogP contribution in [-0.2, 0) is 20.7 Å². The molecule has 2 aromatic heterocycles. The smallest absolute Gasteiger partial charge is 0.229 e. The van der Waals surface area contributed by atoms with Crippen LogP contribution in [0.3, 0.4) is 0 Å². The van der Waals surface area contributed by atoms with Crippen molar-refractivity contribution in [2.75, 3.05) is 32.0 Å². The first-order valence-corrected chi connectivity index (χ1v) is 13.7. The quantitative estimate of drug-likeness (QED) is 0.599. The van der Waals surface area contributed by atoms with Crippen LogP contribution >= 0.6 is 11.3 Å². The molecule has 0 saturated carbocycles. The summed E-state index contributed by atoms with van der Waals surface area (Å²) in [5.41, 5.74) is 0.402. The van der Waals surface area contributed by atoms with Gasteiger partial charge < -0.3 is 19.9 Å². The maximum atomic E-state index is 13.6. The molecule has 3 saturated heterocycles. The SMILES string of the molecule is CCCc1cc(Nc2ncc(C)s2)nc(C2CCN(C(=O)[C@H]3[C@H]4C=C[C@@]5(CN(C)C(=O)[C@@H]35)O4)CC2)n1. The lowest BCUT2D eigenvalue weighted by molar-refractivity contribution is -0.143. The number of fused-ring (bicyclic) bond motifs is 1. The summed E-state index contributed by atoms with van der Waals surface area (Å²) < 4.78 is 6.19. The number of anilines is 2. The summed E-state index contributed by atoms with van der Waals surface area (Å²) in [6.45, 7) is 5.98. The molecular weight excluding hydrogens is 476 g/mol. The molecule has 4 atom stereocenters. The van der Waals surface area contributed by atoms with Crippen molar-refractivity contribution in [1.29, 1.82) is 0 Å². The van der Waals surface area contributed by atoms with Gasteiger partial charge in [-0.3, -0.25) is 9.59 Å². The van der Waals surface area contributed by atoms with Gasteiger partial charge in [0, 0.05) is 48.9 Å². The number of carbonyl (C=O) groups is 2. The summed E-state index contributed by atoms with van der Waals surface area (Å²) in [5, 5.41) is 4.17. The average molecular weight is 509 g/mol. The predicted molar refractivity (Wildman–Crippen MR) is 136 cm³/mol. The number of ether oxygens (including phenoxy) is 1. The van der Waals surface area contributed by atoms with Gasteiger partial charge in [0.05, 0.1) is 24.5 Å². The van der Waals surface area contributed by atoms with E-state index in [0.717, 1.165) is 53.0 Å². The molecule has 0 unspecified atom stereocenters. The minimum atomic E-state index is -0.623. The van der Waals surface area contributed by atoms with E-state index >= 15 is 0 Å². The number of hydrogen-bond acceptors (Lipinski definition) is 8. The van der Waals surface area contributed by atoms with Crippen molar-refractivity contribution in [2.24, 2.45) is 11.8 Å². The number of piperidine rings is 1. The Balaban J connectivity index is 1.16. The van der Waals surface area contributed by atoms with E-state index < -0.39 is 17.4 Å². The van der Waals surface area contributed by atoms with E-state index in [1.165, 1.54) is 0 Å². The Morgan fingerprint density at radius 2 is 2.11 bits per heavy atom. The molecule has 6 heterocycles. The molecule has 0 aliphatic carbocycles. The van der Waals surface area contributed by atoms with E-state index in [0.29, 0.717) is 19.6 Å². The van der Waals surface area contributed by atoms with Crippen molar-refractivity contribution in [1.82, 2.24) is 24.8 Å². The predicted octanol–water partition coefficient (Wildman–Crippen LogP) is 3.06. The third-order valence-corrected chi connectivity index (χ3v) is 8.73. The highest BCUT2D eigenvalue weighted by Crippen LogP contribution is 2.52. The van der Waals surface area contributed by atoms with Gasteiger partial charge in [-0.05, 0) is 26.2 Å². The molecule has 4 aliphatic heterocycles. The highest BCUT2D eigenvalue weighted by Gasteiger charge is 2.66. The van der Waals surface area contributed by atoms with E-state index in [-0.39, 0.29) is 23.8 Å². The summed E-state index contributed by atoms with van der Waals surface area (Å²) >= 11 is 1.60. The molecule has 6 rings (SSSR count). The van der Waals surface area contributed by atoms with Crippen molar-refractivity contribution >= 4 is 34.1 Å². The number of thiazole rings is 1. The number of nitrogens with zero attached hydrogens (tertiary/aromatic N) is 5. The van der Waals surface area contributed by atoms with Crippen LogP contribution in [0.15, 0.2) is 24.4 Å². The summed E-state index contributed by atoms with van der Waals surface area (Å²) in [4.78, 5) is 45.4. The third-order valence-electron chi connectivity index (χ3n) is 7.91. The molecule has 3 fully saturated rings. The maximum Gasteiger partial charge on any atom is 0.229 e. The van der Waals surface area contributed by atoms with Gasteiger partial charge >= 0.3 is 0 Å². The molecule has 4 aliphatic rings. The molecule has 10 heteroatoms. The van der Waals surface area contributed by atoms with E-state index in [1.54, 1.807) is 23.3 Å². The summed E-state index contributed by atoms with van der Waals surface area (Å²) in [5.74, 6) is 1.03. The molecule has 1 N–H and O–H groups in total. The summed E-state index contributed by atoms with van der Waals surface area (Å²) in [6.07, 6.45) is 9.03. The molecule has 2 bridgehead atoms. The molecular formula is C26H32N6O3S. The van der Waals surface area contributed by atoms with E-state index in [2.05, 4.69) is 17.2 Å². The van der Waals surface area contributed by atoms with Crippen molar-refractivity contribution < 1.29 is 14.3 Å². The second-order valence-electron chi connectivity index (χ2n) is 10.4. The average Bonchev–Trinajstić information content (AvgIpc) is 3.60.